The summed E-state index contributed by atoms with van der Waals surface area (Å²) in [6.45, 7) is 0. The Balaban J connectivity index is 1.33. The van der Waals surface area contributed by atoms with E-state index in [1.165, 1.54) is 0 Å². The molecule has 3 N–H and O–H groups in total. The molecule has 2 aliphatic carbocycles. The minimum Gasteiger partial charge on any atom is -0.367 e. The molecule has 8 heteroatoms. The molecule has 2 unspecified atom stereocenters. The zero-order chi connectivity index (χ0) is 19.8. The van der Waals surface area contributed by atoms with E-state index in [4.69, 9.17) is 11.6 Å². The number of aromatic amines is 1. The van der Waals surface area contributed by atoms with Crippen LogP contribution in [0, 0.1) is 5.92 Å². The van der Waals surface area contributed by atoms with Crippen LogP contribution < -0.4 is 10.6 Å². The van der Waals surface area contributed by atoms with Crippen molar-refractivity contribution < 1.29 is 4.79 Å². The van der Waals surface area contributed by atoms with Gasteiger partial charge in [0.05, 0.1) is 0 Å². The molecule has 1 amide bonds. The number of nitrogens with zero attached hydrogens (tertiary/aromatic N) is 3. The normalized spacial score (nSPS) is 21.8. The van der Waals surface area contributed by atoms with Crippen LogP contribution in [0.3, 0.4) is 0 Å². The maximum atomic E-state index is 12.1. The highest BCUT2D eigenvalue weighted by molar-refractivity contribution is 6.29. The Kier molecular flexibility index (Phi) is 4.83. The van der Waals surface area contributed by atoms with Crippen LogP contribution in [0.4, 0.5) is 5.82 Å². The van der Waals surface area contributed by atoms with E-state index < -0.39 is 0 Å². The predicted molar refractivity (Wildman–Crippen MR) is 113 cm³/mol. The fourth-order valence-electron chi connectivity index (χ4n) is 4.12. The summed E-state index contributed by atoms with van der Waals surface area (Å²) < 4.78 is 0. The first-order chi connectivity index (χ1) is 14.2. The van der Waals surface area contributed by atoms with Gasteiger partial charge in [-0.1, -0.05) is 11.6 Å². The highest BCUT2D eigenvalue weighted by Crippen LogP contribution is 2.32. The summed E-state index contributed by atoms with van der Waals surface area (Å²) in [5.74, 6) is 1.21. The molecule has 2 fully saturated rings. The summed E-state index contributed by atoms with van der Waals surface area (Å²) in [6.07, 6.45) is 11.4. The van der Waals surface area contributed by atoms with E-state index in [9.17, 15) is 4.79 Å². The highest BCUT2D eigenvalue weighted by atomic mass is 35.5. The third-order valence-corrected chi connectivity index (χ3v) is 5.93. The van der Waals surface area contributed by atoms with Crippen molar-refractivity contribution >= 4 is 34.5 Å². The fourth-order valence-corrected chi connectivity index (χ4v) is 4.33. The number of fused-ring (bicyclic) bond motifs is 1. The summed E-state index contributed by atoms with van der Waals surface area (Å²) in [5.41, 5.74) is 3.43. The van der Waals surface area contributed by atoms with Gasteiger partial charge in [-0.2, -0.15) is 0 Å². The number of anilines is 1. The van der Waals surface area contributed by atoms with Crippen molar-refractivity contribution in [3.05, 3.63) is 35.9 Å². The predicted octanol–water partition coefficient (Wildman–Crippen LogP) is 3.92. The number of rotatable bonds is 5. The molecule has 150 valence electrons. The van der Waals surface area contributed by atoms with Crippen molar-refractivity contribution in [2.24, 2.45) is 5.92 Å². The topological polar surface area (TPSA) is 95.6 Å². The molecule has 0 saturated heterocycles. The van der Waals surface area contributed by atoms with Gasteiger partial charge in [0.15, 0.2) is 5.65 Å². The quantitative estimate of drug-likeness (QED) is 0.554. The lowest BCUT2D eigenvalue weighted by Crippen LogP contribution is -2.42. The van der Waals surface area contributed by atoms with Gasteiger partial charge in [-0.05, 0) is 56.2 Å². The molecule has 0 aromatic carbocycles. The maximum absolute atomic E-state index is 12.1. The van der Waals surface area contributed by atoms with Crippen molar-refractivity contribution in [1.82, 2.24) is 25.3 Å². The minimum absolute atomic E-state index is 0.222. The van der Waals surface area contributed by atoms with Crippen molar-refractivity contribution in [2.45, 2.75) is 50.6 Å². The Bertz CT molecular complexity index is 1050. The van der Waals surface area contributed by atoms with Crippen LogP contribution in [0.15, 0.2) is 30.7 Å². The molecular weight excluding hydrogens is 388 g/mol. The number of halogens is 1. The summed E-state index contributed by atoms with van der Waals surface area (Å²) >= 11 is 6.32. The second-order valence-corrected chi connectivity index (χ2v) is 8.39. The Hall–Kier alpha value is -2.67. The number of aromatic nitrogens is 4. The van der Waals surface area contributed by atoms with E-state index in [0.717, 1.165) is 66.6 Å². The van der Waals surface area contributed by atoms with Gasteiger partial charge < -0.3 is 15.6 Å². The van der Waals surface area contributed by atoms with Crippen LogP contribution in [0.25, 0.3) is 22.3 Å². The third kappa shape index (κ3) is 4.05. The summed E-state index contributed by atoms with van der Waals surface area (Å²) in [4.78, 5) is 28.4. The van der Waals surface area contributed by atoms with E-state index in [1.807, 2.05) is 18.3 Å². The lowest BCUT2D eigenvalue weighted by atomic mass is 9.90. The van der Waals surface area contributed by atoms with E-state index in [0.29, 0.717) is 5.15 Å². The number of nitrogens with one attached hydrogen (secondary N) is 3. The average molecular weight is 411 g/mol. The molecule has 3 aromatic rings. The van der Waals surface area contributed by atoms with Crippen molar-refractivity contribution in [1.29, 1.82) is 0 Å². The number of carbonyl (C=O) groups is 1. The largest absolute Gasteiger partial charge is 0.367 e. The molecule has 2 atom stereocenters. The van der Waals surface area contributed by atoms with E-state index in [-0.39, 0.29) is 23.9 Å². The molecule has 7 nitrogen and oxygen atoms in total. The molecule has 0 radical (unpaired) electrons. The van der Waals surface area contributed by atoms with Crippen molar-refractivity contribution in [2.75, 3.05) is 5.32 Å². The fraction of sp³-hybridized carbons (Fsp3) is 0.429. The smallest absolute Gasteiger partial charge is 0.223 e. The number of carbonyl (C=O) groups excluding carboxylic acids is 1. The minimum atomic E-state index is 0.222. The number of pyridine rings is 1. The SMILES string of the molecule is O=C(NC1CCCC(Nc2cc(-c3c[nH]c4nccnc34)cc(Cl)n2)C1)C1CC1. The highest BCUT2D eigenvalue weighted by Gasteiger charge is 2.32. The maximum Gasteiger partial charge on any atom is 0.223 e. The van der Waals surface area contributed by atoms with Crippen LogP contribution in [0.1, 0.15) is 38.5 Å². The molecule has 0 bridgehead atoms. The zero-order valence-electron chi connectivity index (χ0n) is 16.0. The van der Waals surface area contributed by atoms with Gasteiger partial charge in [0.25, 0.3) is 0 Å². The number of amides is 1. The number of hydrogen-bond donors (Lipinski definition) is 3. The van der Waals surface area contributed by atoms with Gasteiger partial charge in [0, 0.05) is 42.2 Å². The Morgan fingerprint density at radius 1 is 1.10 bits per heavy atom. The molecular formula is C21H23ClN6O. The molecule has 2 aliphatic rings. The number of H-pyrrole nitrogens is 1. The Labute approximate surface area is 173 Å². The molecule has 0 aliphatic heterocycles. The number of hydrogen-bond acceptors (Lipinski definition) is 5. The second kappa shape index (κ2) is 7.63. The monoisotopic (exact) mass is 410 g/mol. The van der Waals surface area contributed by atoms with Crippen LogP contribution in [-0.4, -0.2) is 37.9 Å². The average Bonchev–Trinajstić information content (AvgIpc) is 3.47. The van der Waals surface area contributed by atoms with E-state index in [1.54, 1.807) is 12.4 Å². The van der Waals surface area contributed by atoms with Gasteiger partial charge in [-0.15, -0.1) is 0 Å². The van der Waals surface area contributed by atoms with Crippen LogP contribution in [0.5, 0.6) is 0 Å². The first kappa shape index (κ1) is 18.4. The molecule has 3 heterocycles. The van der Waals surface area contributed by atoms with Gasteiger partial charge in [0.2, 0.25) is 5.91 Å². The van der Waals surface area contributed by atoms with Crippen molar-refractivity contribution in [3.8, 4) is 11.1 Å². The van der Waals surface area contributed by atoms with Crippen molar-refractivity contribution in [3.63, 3.8) is 0 Å². The van der Waals surface area contributed by atoms with Crippen LogP contribution in [-0.2, 0) is 4.79 Å². The lowest BCUT2D eigenvalue weighted by Gasteiger charge is -2.30. The Morgan fingerprint density at radius 2 is 1.93 bits per heavy atom. The molecule has 5 rings (SSSR count). The van der Waals surface area contributed by atoms with Gasteiger partial charge >= 0.3 is 0 Å². The van der Waals surface area contributed by atoms with E-state index in [2.05, 4.69) is 30.6 Å². The van der Waals surface area contributed by atoms with Gasteiger partial charge in [0.1, 0.15) is 16.5 Å². The van der Waals surface area contributed by atoms with Gasteiger partial charge in [-0.3, -0.25) is 9.78 Å². The third-order valence-electron chi connectivity index (χ3n) is 5.73. The lowest BCUT2D eigenvalue weighted by molar-refractivity contribution is -0.123. The van der Waals surface area contributed by atoms with Crippen LogP contribution >= 0.6 is 11.6 Å². The molecule has 0 spiro atoms. The van der Waals surface area contributed by atoms with Crippen LogP contribution in [0.2, 0.25) is 5.15 Å². The Morgan fingerprint density at radius 3 is 2.79 bits per heavy atom. The second-order valence-electron chi connectivity index (χ2n) is 8.01. The van der Waals surface area contributed by atoms with Gasteiger partial charge in [-0.25, -0.2) is 9.97 Å². The zero-order valence-corrected chi connectivity index (χ0v) is 16.7. The standard InChI is InChI=1S/C21H23ClN6O/c22-17-8-13(16-11-25-20-19(16)23-6-7-24-20)9-18(28-17)26-14-2-1-3-15(10-14)27-21(29)12-4-5-12/h6-9,11-12,14-15H,1-5,10H2,(H,24,25)(H,26,28)(H,27,29). The summed E-state index contributed by atoms with van der Waals surface area (Å²) in [7, 11) is 0. The summed E-state index contributed by atoms with van der Waals surface area (Å²) in [6, 6.07) is 4.32. The first-order valence-corrected chi connectivity index (χ1v) is 10.6. The molecule has 29 heavy (non-hydrogen) atoms. The molecule has 2 saturated carbocycles. The molecule has 3 aromatic heterocycles. The first-order valence-electron chi connectivity index (χ1n) is 10.2. The summed E-state index contributed by atoms with van der Waals surface area (Å²) in [5, 5.41) is 7.17. The van der Waals surface area contributed by atoms with E-state index >= 15 is 0 Å².